The fourth-order valence-corrected chi connectivity index (χ4v) is 3.84. The first kappa shape index (κ1) is 25.8. The summed E-state index contributed by atoms with van der Waals surface area (Å²) >= 11 is 0. The van der Waals surface area contributed by atoms with Gasteiger partial charge < -0.3 is 19.5 Å². The van der Waals surface area contributed by atoms with Crippen molar-refractivity contribution in [3.63, 3.8) is 0 Å². The molecule has 0 saturated carbocycles. The summed E-state index contributed by atoms with van der Waals surface area (Å²) in [4.78, 5) is 12.6. The molecule has 37 heavy (non-hydrogen) atoms. The Labute approximate surface area is 210 Å². The van der Waals surface area contributed by atoms with Crippen LogP contribution in [0.25, 0.3) is 0 Å². The Morgan fingerprint density at radius 1 is 0.892 bits per heavy atom. The van der Waals surface area contributed by atoms with Crippen LogP contribution in [0.5, 0.6) is 17.2 Å². The first-order chi connectivity index (χ1) is 17.6. The Hall–Kier alpha value is -4.28. The van der Waals surface area contributed by atoms with Gasteiger partial charge in [0.2, 0.25) is 0 Å². The third-order valence-electron chi connectivity index (χ3n) is 5.30. The Kier molecular flexibility index (Phi) is 7.51. The molecule has 1 aliphatic rings. The highest BCUT2D eigenvalue weighted by Gasteiger charge is 2.30. The van der Waals surface area contributed by atoms with Crippen LogP contribution in [0.3, 0.4) is 0 Å². The van der Waals surface area contributed by atoms with Crippen LogP contribution >= 0.6 is 0 Å². The lowest BCUT2D eigenvalue weighted by molar-refractivity contribution is -0.0505. The van der Waals surface area contributed by atoms with Crippen molar-refractivity contribution in [3.05, 3.63) is 83.4 Å². The fraction of sp³-hybridized carbons (Fsp3) is 0.231. The lowest BCUT2D eigenvalue weighted by Crippen LogP contribution is -2.26. The van der Waals surface area contributed by atoms with Crippen molar-refractivity contribution in [1.29, 1.82) is 0 Å². The zero-order valence-electron chi connectivity index (χ0n) is 19.8. The fourth-order valence-electron chi connectivity index (χ4n) is 3.84. The number of hydrogen-bond donors (Lipinski definition) is 2. The summed E-state index contributed by atoms with van der Waals surface area (Å²) in [6.45, 7) is -2.02. The van der Waals surface area contributed by atoms with Gasteiger partial charge in [-0.1, -0.05) is 0 Å². The van der Waals surface area contributed by atoms with Crippen LogP contribution in [0.1, 0.15) is 30.5 Å². The molecule has 4 rings (SSSR count). The first-order valence-electron chi connectivity index (χ1n) is 11.1. The molecule has 3 aromatic rings. The van der Waals surface area contributed by atoms with Crippen LogP contribution in [-0.2, 0) is 6.42 Å². The number of ether oxygens (including phenoxy) is 3. The maximum Gasteiger partial charge on any atom is 0.387 e. The predicted molar refractivity (Wildman–Crippen MR) is 129 cm³/mol. The van der Waals surface area contributed by atoms with Gasteiger partial charge in [-0.25, -0.2) is 10.2 Å². The average molecular weight is 517 g/mol. The Balaban J connectivity index is 1.54. The number of anilines is 1. The van der Waals surface area contributed by atoms with E-state index in [1.165, 1.54) is 48.5 Å². The zero-order valence-corrected chi connectivity index (χ0v) is 19.8. The van der Waals surface area contributed by atoms with Gasteiger partial charge in [-0.05, 0) is 80.6 Å². The maximum absolute atomic E-state index is 12.6. The zero-order chi connectivity index (χ0) is 26.6. The van der Waals surface area contributed by atoms with Crippen LogP contribution in [0, 0.1) is 0 Å². The van der Waals surface area contributed by atoms with Crippen molar-refractivity contribution in [1.82, 2.24) is 5.43 Å². The van der Waals surface area contributed by atoms with Gasteiger partial charge in [0, 0.05) is 28.8 Å². The average Bonchev–Trinajstić information content (AvgIpc) is 3.13. The largest absolute Gasteiger partial charge is 0.487 e. The van der Waals surface area contributed by atoms with E-state index in [1.807, 2.05) is 19.9 Å². The van der Waals surface area contributed by atoms with E-state index in [0.29, 0.717) is 23.2 Å². The molecule has 0 spiro atoms. The van der Waals surface area contributed by atoms with Crippen LogP contribution in [-0.4, -0.2) is 30.6 Å². The number of urea groups is 1. The highest BCUT2D eigenvalue weighted by Crippen LogP contribution is 2.36. The number of halogens is 4. The molecule has 0 atom stereocenters. The highest BCUT2D eigenvalue weighted by molar-refractivity contribution is 6.13. The summed E-state index contributed by atoms with van der Waals surface area (Å²) in [5.74, 6) is 0.635. The van der Waals surface area contributed by atoms with Crippen molar-refractivity contribution in [2.24, 2.45) is 5.10 Å². The summed E-state index contributed by atoms with van der Waals surface area (Å²) in [7, 11) is 0. The van der Waals surface area contributed by atoms with Gasteiger partial charge >= 0.3 is 19.3 Å². The van der Waals surface area contributed by atoms with Crippen LogP contribution in [0.15, 0.2) is 71.8 Å². The molecule has 1 aliphatic heterocycles. The number of carbonyl (C=O) groups is 1. The molecule has 0 fully saturated rings. The van der Waals surface area contributed by atoms with Crippen LogP contribution < -0.4 is 25.0 Å². The first-order valence-corrected chi connectivity index (χ1v) is 11.1. The van der Waals surface area contributed by atoms with E-state index in [4.69, 9.17) is 4.74 Å². The van der Waals surface area contributed by atoms with Gasteiger partial charge in [-0.15, -0.1) is 0 Å². The van der Waals surface area contributed by atoms with Gasteiger partial charge in [-0.3, -0.25) is 0 Å². The molecular formula is C26H23F4N3O4. The van der Waals surface area contributed by atoms with Gasteiger partial charge in [-0.2, -0.15) is 22.7 Å². The molecular weight excluding hydrogens is 494 g/mol. The predicted octanol–water partition coefficient (Wildman–Crippen LogP) is 6.18. The number of nitrogens with one attached hydrogen (secondary N) is 2. The molecule has 0 saturated heterocycles. The molecule has 0 bridgehead atoms. The van der Waals surface area contributed by atoms with E-state index in [9.17, 15) is 22.4 Å². The number of fused-ring (bicyclic) bond motifs is 1. The Bertz CT molecular complexity index is 1220. The van der Waals surface area contributed by atoms with Crippen molar-refractivity contribution in [2.75, 3.05) is 5.32 Å². The summed E-state index contributed by atoms with van der Waals surface area (Å²) in [5.41, 5.74) is 4.72. The number of nitrogens with zero attached hydrogens (tertiary/aromatic N) is 1. The van der Waals surface area contributed by atoms with E-state index in [-0.39, 0.29) is 22.8 Å². The van der Waals surface area contributed by atoms with Crippen LogP contribution in [0.4, 0.5) is 28.0 Å². The smallest absolute Gasteiger partial charge is 0.387 e. The second kappa shape index (κ2) is 10.8. The molecule has 194 valence electrons. The number of hydrogen-bond acceptors (Lipinski definition) is 5. The molecule has 0 radical (unpaired) electrons. The minimum absolute atomic E-state index is 0.0618. The summed E-state index contributed by atoms with van der Waals surface area (Å²) in [5, 5.41) is 6.89. The molecule has 3 aromatic carbocycles. The van der Waals surface area contributed by atoms with E-state index in [2.05, 4.69) is 25.3 Å². The van der Waals surface area contributed by atoms with Crippen molar-refractivity contribution >= 4 is 17.4 Å². The summed E-state index contributed by atoms with van der Waals surface area (Å²) in [6, 6.07) is 15.8. The molecule has 2 N–H and O–H groups in total. The molecule has 2 amide bonds. The standard InChI is InChI=1S/C26H23F4N3O4/c1-26(2)14-17-13-18(7-12-21(17)37-26)31-25(34)33-32-22(15-3-8-19(9-4-15)35-23(27)28)16-5-10-20(11-6-16)36-24(29)30/h3-13,23-24H,14H2,1-2H3,(H2,31,33,34). The van der Waals surface area contributed by atoms with Gasteiger partial charge in [0.25, 0.3) is 0 Å². The highest BCUT2D eigenvalue weighted by atomic mass is 19.3. The molecule has 11 heteroatoms. The second-order valence-corrected chi connectivity index (χ2v) is 8.69. The number of carbonyl (C=O) groups excluding carboxylic acids is 1. The third-order valence-corrected chi connectivity index (χ3v) is 5.30. The normalized spacial score (nSPS) is 13.5. The minimum atomic E-state index is -2.98. The second-order valence-electron chi connectivity index (χ2n) is 8.69. The molecule has 0 aliphatic carbocycles. The summed E-state index contributed by atoms with van der Waals surface area (Å²) in [6.07, 6.45) is 0.693. The SMILES string of the molecule is CC1(C)Cc2cc(NC(=O)NN=C(c3ccc(OC(F)F)cc3)c3ccc(OC(F)F)cc3)ccc2O1. The quantitative estimate of drug-likeness (QED) is 0.213. The minimum Gasteiger partial charge on any atom is -0.487 e. The Morgan fingerprint density at radius 3 is 1.95 bits per heavy atom. The monoisotopic (exact) mass is 517 g/mol. The lowest BCUT2D eigenvalue weighted by Gasteiger charge is -2.16. The number of rotatable bonds is 8. The van der Waals surface area contributed by atoms with Gasteiger partial charge in [0.05, 0.1) is 5.71 Å². The van der Waals surface area contributed by atoms with E-state index in [1.54, 1.807) is 12.1 Å². The number of hydrazone groups is 1. The maximum atomic E-state index is 12.6. The lowest BCUT2D eigenvalue weighted by atomic mass is 10.0. The van der Waals surface area contributed by atoms with E-state index < -0.39 is 19.3 Å². The van der Waals surface area contributed by atoms with Crippen LogP contribution in [0.2, 0.25) is 0 Å². The topological polar surface area (TPSA) is 81.2 Å². The molecule has 7 nitrogen and oxygen atoms in total. The number of benzene rings is 3. The van der Waals surface area contributed by atoms with Gasteiger partial charge in [0.1, 0.15) is 22.8 Å². The summed E-state index contributed by atoms with van der Waals surface area (Å²) < 4.78 is 64.6. The van der Waals surface area contributed by atoms with E-state index >= 15 is 0 Å². The number of amides is 2. The molecule has 1 heterocycles. The van der Waals surface area contributed by atoms with Crippen molar-refractivity contribution in [3.8, 4) is 17.2 Å². The molecule has 0 aromatic heterocycles. The number of alkyl halides is 4. The molecule has 0 unspecified atom stereocenters. The van der Waals surface area contributed by atoms with Crippen molar-refractivity contribution in [2.45, 2.75) is 39.1 Å². The van der Waals surface area contributed by atoms with Crippen molar-refractivity contribution < 1.29 is 36.6 Å². The van der Waals surface area contributed by atoms with E-state index in [0.717, 1.165) is 11.3 Å². The Morgan fingerprint density at radius 2 is 1.43 bits per heavy atom. The van der Waals surface area contributed by atoms with Gasteiger partial charge in [0.15, 0.2) is 0 Å². The third kappa shape index (κ3) is 6.90.